The van der Waals surface area contributed by atoms with Crippen LogP contribution in [0.5, 0.6) is 5.75 Å². The van der Waals surface area contributed by atoms with Gasteiger partial charge in [0.2, 0.25) is 0 Å². The number of anilines is 1. The molecule has 0 amide bonds. The number of methoxy groups -OCH3 is 2. The number of hydrogen-bond acceptors (Lipinski definition) is 5. The summed E-state index contributed by atoms with van der Waals surface area (Å²) in [6.45, 7) is 3.30. The second kappa shape index (κ2) is 7.56. The van der Waals surface area contributed by atoms with Gasteiger partial charge in [0.05, 0.1) is 23.0 Å². The molecule has 1 aromatic carbocycles. The quantitative estimate of drug-likeness (QED) is 0.756. The molecule has 0 unspecified atom stereocenters. The van der Waals surface area contributed by atoms with Gasteiger partial charge in [-0.1, -0.05) is 12.1 Å². The van der Waals surface area contributed by atoms with Crippen molar-refractivity contribution < 1.29 is 9.47 Å². The Bertz CT molecular complexity index is 593. The number of ether oxygens (including phenoxy) is 2. The van der Waals surface area contributed by atoms with Crippen molar-refractivity contribution >= 4 is 28.4 Å². The number of aromatic nitrogens is 2. The normalized spacial score (nSPS) is 10.5. The van der Waals surface area contributed by atoms with Crippen molar-refractivity contribution in [2.75, 3.05) is 26.1 Å². The Balaban J connectivity index is 2.51. The van der Waals surface area contributed by atoms with Crippen LogP contribution in [-0.2, 0) is 11.3 Å². The zero-order chi connectivity index (χ0) is 15.2. The van der Waals surface area contributed by atoms with Crippen molar-refractivity contribution in [1.29, 1.82) is 0 Å². The molecule has 0 saturated heterocycles. The Labute approximate surface area is 138 Å². The zero-order valence-electron chi connectivity index (χ0n) is 12.3. The van der Waals surface area contributed by atoms with Gasteiger partial charge >= 0.3 is 0 Å². The molecule has 2 rings (SSSR count). The van der Waals surface area contributed by atoms with Crippen molar-refractivity contribution in [1.82, 2.24) is 9.97 Å². The molecule has 5 nitrogen and oxygen atoms in total. The highest BCUT2D eigenvalue weighted by molar-refractivity contribution is 14.1. The van der Waals surface area contributed by atoms with E-state index in [0.29, 0.717) is 12.4 Å². The van der Waals surface area contributed by atoms with E-state index in [1.54, 1.807) is 14.2 Å². The van der Waals surface area contributed by atoms with Gasteiger partial charge < -0.3 is 14.8 Å². The fraction of sp³-hybridized carbons (Fsp3) is 0.333. The highest BCUT2D eigenvalue weighted by atomic mass is 127. The minimum absolute atomic E-state index is 0.455. The summed E-state index contributed by atoms with van der Waals surface area (Å²) in [7, 11) is 3.31. The van der Waals surface area contributed by atoms with Crippen LogP contribution >= 0.6 is 22.6 Å². The molecule has 1 N–H and O–H groups in total. The van der Waals surface area contributed by atoms with E-state index in [1.165, 1.54) is 0 Å². The van der Waals surface area contributed by atoms with Crippen molar-refractivity contribution in [3.8, 4) is 17.1 Å². The van der Waals surface area contributed by atoms with Crippen LogP contribution in [0.2, 0.25) is 0 Å². The van der Waals surface area contributed by atoms with Crippen LogP contribution in [0, 0.1) is 3.57 Å². The van der Waals surface area contributed by atoms with Crippen LogP contribution in [0.3, 0.4) is 0 Å². The van der Waals surface area contributed by atoms with E-state index < -0.39 is 0 Å². The van der Waals surface area contributed by atoms with Gasteiger partial charge in [-0.25, -0.2) is 9.97 Å². The molecule has 0 bridgehead atoms. The first-order valence-corrected chi connectivity index (χ1v) is 7.71. The number of benzene rings is 1. The third-order valence-electron chi connectivity index (χ3n) is 2.87. The maximum Gasteiger partial charge on any atom is 0.162 e. The highest BCUT2D eigenvalue weighted by Gasteiger charge is 2.13. The van der Waals surface area contributed by atoms with Gasteiger partial charge in [-0.05, 0) is 41.6 Å². The summed E-state index contributed by atoms with van der Waals surface area (Å²) < 4.78 is 11.5. The fourth-order valence-corrected chi connectivity index (χ4v) is 2.49. The summed E-state index contributed by atoms with van der Waals surface area (Å²) in [5.41, 5.74) is 1.80. The Morgan fingerprint density at radius 3 is 2.71 bits per heavy atom. The second-order valence-corrected chi connectivity index (χ2v) is 5.43. The van der Waals surface area contributed by atoms with Gasteiger partial charge in [0.15, 0.2) is 5.82 Å². The van der Waals surface area contributed by atoms with E-state index in [4.69, 9.17) is 9.47 Å². The zero-order valence-corrected chi connectivity index (χ0v) is 14.5. The van der Waals surface area contributed by atoms with E-state index in [1.807, 2.05) is 31.2 Å². The van der Waals surface area contributed by atoms with Gasteiger partial charge in [-0.2, -0.15) is 0 Å². The molecule has 0 fully saturated rings. The maximum atomic E-state index is 5.26. The Kier molecular flexibility index (Phi) is 5.75. The molecular formula is C15H18IN3O2. The first kappa shape index (κ1) is 16.0. The molecule has 0 atom stereocenters. The fourth-order valence-electron chi connectivity index (χ4n) is 1.90. The predicted molar refractivity (Wildman–Crippen MR) is 91.6 cm³/mol. The molecule has 0 saturated carbocycles. The van der Waals surface area contributed by atoms with Crippen LogP contribution in [0.1, 0.15) is 12.6 Å². The lowest BCUT2D eigenvalue weighted by Crippen LogP contribution is -2.08. The molecule has 0 aliphatic heterocycles. The van der Waals surface area contributed by atoms with Crippen molar-refractivity contribution in [3.63, 3.8) is 0 Å². The van der Waals surface area contributed by atoms with Gasteiger partial charge in [0.25, 0.3) is 0 Å². The molecule has 0 aliphatic rings. The van der Waals surface area contributed by atoms with Crippen LogP contribution in [0.15, 0.2) is 24.3 Å². The molecule has 0 spiro atoms. The van der Waals surface area contributed by atoms with Crippen molar-refractivity contribution in [3.05, 3.63) is 33.5 Å². The lowest BCUT2D eigenvalue weighted by Gasteiger charge is -2.12. The summed E-state index contributed by atoms with van der Waals surface area (Å²) in [5, 5.41) is 3.27. The van der Waals surface area contributed by atoms with Crippen LogP contribution in [0.25, 0.3) is 11.4 Å². The predicted octanol–water partition coefficient (Wildman–Crippen LogP) is 3.34. The molecule has 2 aromatic rings. The summed E-state index contributed by atoms with van der Waals surface area (Å²) >= 11 is 2.25. The summed E-state index contributed by atoms with van der Waals surface area (Å²) in [6, 6.07) is 7.72. The topological polar surface area (TPSA) is 56.3 Å². The van der Waals surface area contributed by atoms with Gasteiger partial charge in [-0.3, -0.25) is 0 Å². The molecule has 0 radical (unpaired) electrons. The largest absolute Gasteiger partial charge is 0.497 e. The van der Waals surface area contributed by atoms with Crippen molar-refractivity contribution in [2.45, 2.75) is 13.5 Å². The van der Waals surface area contributed by atoms with Gasteiger partial charge in [0.1, 0.15) is 11.6 Å². The first-order valence-electron chi connectivity index (χ1n) is 6.63. The minimum Gasteiger partial charge on any atom is -0.497 e. The number of halogens is 1. The number of rotatable bonds is 6. The lowest BCUT2D eigenvalue weighted by molar-refractivity contribution is 0.181. The SMILES string of the molecule is CCNc1nc(-c2cccc(OC)c2)nc(COC)c1I. The third kappa shape index (κ3) is 3.82. The van der Waals surface area contributed by atoms with E-state index in [2.05, 4.69) is 37.9 Å². The number of hydrogen-bond donors (Lipinski definition) is 1. The van der Waals surface area contributed by atoms with E-state index in [9.17, 15) is 0 Å². The van der Waals surface area contributed by atoms with Crippen LogP contribution < -0.4 is 10.1 Å². The number of nitrogens with one attached hydrogen (secondary N) is 1. The monoisotopic (exact) mass is 399 g/mol. The minimum atomic E-state index is 0.455. The first-order chi connectivity index (χ1) is 10.2. The van der Waals surface area contributed by atoms with Crippen LogP contribution in [0.4, 0.5) is 5.82 Å². The number of nitrogens with zero attached hydrogens (tertiary/aromatic N) is 2. The molecule has 1 heterocycles. The summed E-state index contributed by atoms with van der Waals surface area (Å²) in [6.07, 6.45) is 0. The van der Waals surface area contributed by atoms with E-state index >= 15 is 0 Å². The smallest absolute Gasteiger partial charge is 0.162 e. The molecule has 1 aromatic heterocycles. The Hall–Kier alpha value is -1.41. The molecule has 6 heteroatoms. The average Bonchev–Trinajstić information content (AvgIpc) is 2.51. The second-order valence-electron chi connectivity index (χ2n) is 4.35. The Morgan fingerprint density at radius 2 is 2.05 bits per heavy atom. The molecule has 21 heavy (non-hydrogen) atoms. The average molecular weight is 399 g/mol. The van der Waals surface area contributed by atoms with E-state index in [0.717, 1.165) is 32.9 Å². The van der Waals surface area contributed by atoms with Crippen LogP contribution in [-0.4, -0.2) is 30.7 Å². The summed E-state index contributed by atoms with van der Waals surface area (Å²) in [5.74, 6) is 2.28. The lowest BCUT2D eigenvalue weighted by atomic mass is 10.2. The molecule has 0 aliphatic carbocycles. The van der Waals surface area contributed by atoms with Crippen molar-refractivity contribution in [2.24, 2.45) is 0 Å². The molecule has 112 valence electrons. The standard InChI is InChI=1S/C15H18IN3O2/c1-4-17-15-13(16)12(9-20-2)18-14(19-15)10-6-5-7-11(8-10)21-3/h5-8H,4,9H2,1-3H3,(H,17,18,19). The highest BCUT2D eigenvalue weighted by Crippen LogP contribution is 2.26. The summed E-state index contributed by atoms with van der Waals surface area (Å²) in [4.78, 5) is 9.22. The molecular weight excluding hydrogens is 381 g/mol. The van der Waals surface area contributed by atoms with Gasteiger partial charge in [0, 0.05) is 19.2 Å². The van der Waals surface area contributed by atoms with E-state index in [-0.39, 0.29) is 0 Å². The maximum absolute atomic E-state index is 5.26. The third-order valence-corrected chi connectivity index (χ3v) is 4.01. The van der Waals surface area contributed by atoms with Gasteiger partial charge in [-0.15, -0.1) is 0 Å². The Morgan fingerprint density at radius 1 is 1.24 bits per heavy atom.